The Labute approximate surface area is 107 Å². The fourth-order valence-corrected chi connectivity index (χ4v) is 2.56. The Morgan fingerprint density at radius 1 is 1.17 bits per heavy atom. The molecule has 0 bridgehead atoms. The first-order chi connectivity index (χ1) is 8.65. The number of hydrogen-bond donors (Lipinski definition) is 1. The van der Waals surface area contributed by atoms with Crippen molar-refractivity contribution < 1.29 is 8.78 Å². The predicted octanol–water partition coefficient (Wildman–Crippen LogP) is 2.54. The van der Waals surface area contributed by atoms with E-state index >= 15 is 0 Å². The van der Waals surface area contributed by atoms with E-state index in [-0.39, 0.29) is 0 Å². The molecule has 0 radical (unpaired) electrons. The van der Waals surface area contributed by atoms with Crippen molar-refractivity contribution in [1.82, 2.24) is 10.2 Å². The summed E-state index contributed by atoms with van der Waals surface area (Å²) in [7, 11) is 2.03. The van der Waals surface area contributed by atoms with Gasteiger partial charge in [0, 0.05) is 18.7 Å². The first kappa shape index (κ1) is 13.4. The van der Waals surface area contributed by atoms with Crippen LogP contribution in [0.15, 0.2) is 18.2 Å². The molecule has 0 spiro atoms. The Morgan fingerprint density at radius 3 is 2.61 bits per heavy atom. The zero-order chi connectivity index (χ0) is 13.0. The molecule has 2 nitrogen and oxygen atoms in total. The topological polar surface area (TPSA) is 15.3 Å². The minimum Gasteiger partial charge on any atom is -0.317 e. The fraction of sp³-hybridized carbons (Fsp3) is 0.571. The van der Waals surface area contributed by atoms with Gasteiger partial charge in [0.2, 0.25) is 0 Å². The van der Waals surface area contributed by atoms with E-state index in [0.29, 0.717) is 18.2 Å². The van der Waals surface area contributed by atoms with Gasteiger partial charge in [-0.15, -0.1) is 0 Å². The van der Waals surface area contributed by atoms with Crippen molar-refractivity contribution in [3.05, 3.63) is 35.4 Å². The Hall–Kier alpha value is -1.00. The number of nitrogens with one attached hydrogen (secondary N) is 1. The maximum atomic E-state index is 13.1. The Kier molecular flexibility index (Phi) is 4.66. The van der Waals surface area contributed by atoms with Crippen LogP contribution in [0.2, 0.25) is 0 Å². The molecule has 1 fully saturated rings. The van der Waals surface area contributed by atoms with Gasteiger partial charge in [-0.2, -0.15) is 0 Å². The molecule has 1 saturated heterocycles. The Balaban J connectivity index is 1.98. The highest BCUT2D eigenvalue weighted by atomic mass is 19.1. The second-order valence-electron chi connectivity index (χ2n) is 5.03. The minimum absolute atomic E-state index is 0.492. The molecule has 100 valence electrons. The van der Waals surface area contributed by atoms with Gasteiger partial charge in [-0.3, -0.25) is 4.90 Å². The highest BCUT2D eigenvalue weighted by Gasteiger charge is 2.17. The summed E-state index contributed by atoms with van der Waals surface area (Å²) in [6, 6.07) is 4.23. The summed E-state index contributed by atoms with van der Waals surface area (Å²) in [6.45, 7) is 2.69. The van der Waals surface area contributed by atoms with Crippen molar-refractivity contribution in [3.63, 3.8) is 0 Å². The van der Waals surface area contributed by atoms with Gasteiger partial charge in [0.05, 0.1) is 0 Å². The summed E-state index contributed by atoms with van der Waals surface area (Å²) < 4.78 is 26.2. The maximum Gasteiger partial charge on any atom is 0.126 e. The van der Waals surface area contributed by atoms with Crippen molar-refractivity contribution >= 4 is 0 Å². The standard InChI is InChI=1S/C14H20F2N2/c1-18(14-3-2-5-17-6-4-14)10-11-7-12(15)9-13(16)8-11/h7-9,14,17H,2-6,10H2,1H3. The average molecular weight is 254 g/mol. The molecule has 1 heterocycles. The first-order valence-electron chi connectivity index (χ1n) is 6.51. The van der Waals surface area contributed by atoms with Gasteiger partial charge >= 0.3 is 0 Å². The Bertz CT molecular complexity index is 367. The maximum absolute atomic E-state index is 13.1. The van der Waals surface area contributed by atoms with Crippen LogP contribution in [-0.2, 0) is 6.54 Å². The highest BCUT2D eigenvalue weighted by molar-refractivity contribution is 5.17. The van der Waals surface area contributed by atoms with Crippen LogP contribution in [0.5, 0.6) is 0 Å². The molecule has 1 aliphatic heterocycles. The van der Waals surface area contributed by atoms with Crippen LogP contribution in [-0.4, -0.2) is 31.1 Å². The van der Waals surface area contributed by atoms with Gasteiger partial charge < -0.3 is 5.32 Å². The lowest BCUT2D eigenvalue weighted by Crippen LogP contribution is -2.32. The summed E-state index contributed by atoms with van der Waals surface area (Å²) in [4.78, 5) is 2.20. The van der Waals surface area contributed by atoms with Crippen LogP contribution >= 0.6 is 0 Å². The van der Waals surface area contributed by atoms with E-state index in [0.717, 1.165) is 38.4 Å². The molecule has 0 saturated carbocycles. The van der Waals surface area contributed by atoms with E-state index in [1.165, 1.54) is 12.1 Å². The van der Waals surface area contributed by atoms with Crippen molar-refractivity contribution in [2.45, 2.75) is 31.8 Å². The lowest BCUT2D eigenvalue weighted by atomic mass is 10.1. The smallest absolute Gasteiger partial charge is 0.126 e. The third kappa shape index (κ3) is 3.75. The molecule has 2 rings (SSSR count). The van der Waals surface area contributed by atoms with Crippen molar-refractivity contribution in [3.8, 4) is 0 Å². The van der Waals surface area contributed by atoms with Crippen LogP contribution in [0.25, 0.3) is 0 Å². The molecule has 18 heavy (non-hydrogen) atoms. The minimum atomic E-state index is -0.499. The molecule has 1 aliphatic rings. The number of benzene rings is 1. The molecular formula is C14H20F2N2. The fourth-order valence-electron chi connectivity index (χ4n) is 2.56. The predicted molar refractivity (Wildman–Crippen MR) is 68.3 cm³/mol. The number of rotatable bonds is 3. The molecule has 0 amide bonds. The summed E-state index contributed by atoms with van der Waals surface area (Å²) in [5, 5.41) is 3.37. The Morgan fingerprint density at radius 2 is 1.89 bits per heavy atom. The second kappa shape index (κ2) is 6.25. The monoisotopic (exact) mass is 254 g/mol. The van der Waals surface area contributed by atoms with Gasteiger partial charge in [0.1, 0.15) is 11.6 Å². The second-order valence-corrected chi connectivity index (χ2v) is 5.03. The quantitative estimate of drug-likeness (QED) is 0.891. The number of nitrogens with zero attached hydrogens (tertiary/aromatic N) is 1. The van der Waals surface area contributed by atoms with E-state index < -0.39 is 11.6 Å². The summed E-state index contributed by atoms with van der Waals surface area (Å²) in [6.07, 6.45) is 3.39. The van der Waals surface area contributed by atoms with Gasteiger partial charge in [-0.1, -0.05) is 0 Å². The summed E-state index contributed by atoms with van der Waals surface area (Å²) in [5.74, 6) is -0.998. The molecule has 0 aliphatic carbocycles. The molecule has 1 aromatic rings. The first-order valence-corrected chi connectivity index (χ1v) is 6.51. The molecule has 1 unspecified atom stereocenters. The van der Waals surface area contributed by atoms with Crippen LogP contribution in [0.3, 0.4) is 0 Å². The van der Waals surface area contributed by atoms with E-state index in [9.17, 15) is 8.78 Å². The van der Waals surface area contributed by atoms with E-state index in [1.54, 1.807) is 0 Å². The molecular weight excluding hydrogens is 234 g/mol. The zero-order valence-corrected chi connectivity index (χ0v) is 10.8. The molecule has 4 heteroatoms. The molecule has 0 aromatic heterocycles. The van der Waals surface area contributed by atoms with Crippen LogP contribution in [0.1, 0.15) is 24.8 Å². The SMILES string of the molecule is CN(Cc1cc(F)cc(F)c1)C1CCCNCC1. The third-order valence-corrected chi connectivity index (χ3v) is 3.52. The lowest BCUT2D eigenvalue weighted by molar-refractivity contribution is 0.216. The van der Waals surface area contributed by atoms with Crippen LogP contribution in [0.4, 0.5) is 8.78 Å². The van der Waals surface area contributed by atoms with Crippen molar-refractivity contribution in [2.24, 2.45) is 0 Å². The van der Waals surface area contributed by atoms with Crippen molar-refractivity contribution in [1.29, 1.82) is 0 Å². The largest absolute Gasteiger partial charge is 0.317 e. The lowest BCUT2D eigenvalue weighted by Gasteiger charge is -2.26. The number of hydrogen-bond acceptors (Lipinski definition) is 2. The van der Waals surface area contributed by atoms with E-state index in [4.69, 9.17) is 0 Å². The molecule has 1 aromatic carbocycles. The van der Waals surface area contributed by atoms with Crippen LogP contribution in [0, 0.1) is 11.6 Å². The third-order valence-electron chi connectivity index (χ3n) is 3.52. The van der Waals surface area contributed by atoms with Crippen molar-refractivity contribution in [2.75, 3.05) is 20.1 Å². The molecule has 1 atom stereocenters. The highest BCUT2D eigenvalue weighted by Crippen LogP contribution is 2.16. The van der Waals surface area contributed by atoms with Gasteiger partial charge in [0.25, 0.3) is 0 Å². The van der Waals surface area contributed by atoms with Gasteiger partial charge in [-0.05, 0) is 57.1 Å². The van der Waals surface area contributed by atoms with E-state index in [2.05, 4.69) is 10.2 Å². The van der Waals surface area contributed by atoms with Gasteiger partial charge in [-0.25, -0.2) is 8.78 Å². The van der Waals surface area contributed by atoms with Crippen LogP contribution < -0.4 is 5.32 Å². The summed E-state index contributed by atoms with van der Waals surface area (Å²) in [5.41, 5.74) is 0.701. The zero-order valence-electron chi connectivity index (χ0n) is 10.8. The summed E-state index contributed by atoms with van der Waals surface area (Å²) >= 11 is 0. The average Bonchev–Trinajstić information content (AvgIpc) is 2.55. The van der Waals surface area contributed by atoms with Gasteiger partial charge in [0.15, 0.2) is 0 Å². The van der Waals surface area contributed by atoms with E-state index in [1.807, 2.05) is 7.05 Å². The normalized spacial score (nSPS) is 21.0. The molecule has 1 N–H and O–H groups in total. The number of halogens is 2.